The molecule has 0 spiro atoms. The number of ketones is 1. The summed E-state index contributed by atoms with van der Waals surface area (Å²) in [6.45, 7) is 2.80. The number of hydrogen-bond acceptors (Lipinski definition) is 3. The normalized spacial score (nSPS) is 28.3. The Labute approximate surface area is 117 Å². The van der Waals surface area contributed by atoms with Gasteiger partial charge < -0.3 is 0 Å². The van der Waals surface area contributed by atoms with Gasteiger partial charge in [-0.15, -0.1) is 11.3 Å². The average molecular weight is 284 g/mol. The van der Waals surface area contributed by atoms with Crippen molar-refractivity contribution in [1.82, 2.24) is 4.90 Å². The third-order valence-corrected chi connectivity index (χ3v) is 5.41. The van der Waals surface area contributed by atoms with E-state index < -0.39 is 0 Å². The molecular formula is C14H18ClNOS. The fourth-order valence-corrected chi connectivity index (χ4v) is 4.39. The number of carbonyl (C=O) groups is 1. The molecule has 1 aromatic rings. The van der Waals surface area contributed by atoms with Gasteiger partial charge in [-0.05, 0) is 43.2 Å². The van der Waals surface area contributed by atoms with Gasteiger partial charge in [0.1, 0.15) is 0 Å². The molecular weight excluding hydrogens is 266 g/mol. The fraction of sp³-hybridized carbons (Fsp3) is 0.643. The zero-order valence-electron chi connectivity index (χ0n) is 10.4. The van der Waals surface area contributed by atoms with Crippen molar-refractivity contribution >= 4 is 28.7 Å². The molecule has 2 fully saturated rings. The molecule has 2 unspecified atom stereocenters. The summed E-state index contributed by atoms with van der Waals surface area (Å²) < 4.78 is 0.703. The van der Waals surface area contributed by atoms with Crippen LogP contribution in [0, 0.1) is 11.8 Å². The van der Waals surface area contributed by atoms with E-state index in [-0.39, 0.29) is 5.78 Å². The van der Waals surface area contributed by atoms with Gasteiger partial charge in [0, 0.05) is 13.1 Å². The molecule has 0 aromatic carbocycles. The molecule has 1 aliphatic carbocycles. The van der Waals surface area contributed by atoms with Crippen LogP contribution in [0.2, 0.25) is 4.34 Å². The van der Waals surface area contributed by atoms with Crippen LogP contribution in [-0.2, 0) is 0 Å². The highest BCUT2D eigenvalue weighted by Gasteiger charge is 2.31. The molecule has 0 N–H and O–H groups in total. The van der Waals surface area contributed by atoms with E-state index in [0.717, 1.165) is 29.8 Å². The van der Waals surface area contributed by atoms with Crippen LogP contribution >= 0.6 is 22.9 Å². The first-order chi connectivity index (χ1) is 8.70. The Morgan fingerprint density at radius 2 is 2.06 bits per heavy atom. The standard InChI is InChI=1S/C14H18ClNOS/c15-14-5-4-13(18-14)12(17)9-16-7-10-2-1-3-11(6-10)8-16/h4-5,10-11H,1-3,6-9H2. The number of likely N-dealkylation sites (tertiary alicyclic amines) is 1. The molecule has 1 aliphatic heterocycles. The molecule has 1 saturated carbocycles. The first-order valence-corrected chi connectivity index (χ1v) is 7.91. The fourth-order valence-electron chi connectivity index (χ4n) is 3.41. The second-order valence-corrected chi connectivity index (χ2v) is 7.33. The summed E-state index contributed by atoms with van der Waals surface area (Å²) in [5, 5.41) is 0. The maximum atomic E-state index is 12.2. The van der Waals surface area contributed by atoms with Gasteiger partial charge >= 0.3 is 0 Å². The topological polar surface area (TPSA) is 20.3 Å². The highest BCUT2D eigenvalue weighted by Crippen LogP contribution is 2.34. The number of rotatable bonds is 3. The van der Waals surface area contributed by atoms with Gasteiger partial charge in [-0.25, -0.2) is 0 Å². The van der Waals surface area contributed by atoms with Crippen LogP contribution in [0.3, 0.4) is 0 Å². The van der Waals surface area contributed by atoms with Crippen LogP contribution in [0.1, 0.15) is 35.4 Å². The molecule has 0 radical (unpaired) electrons. The summed E-state index contributed by atoms with van der Waals surface area (Å²) in [6, 6.07) is 3.66. The minimum atomic E-state index is 0.229. The third-order valence-electron chi connectivity index (χ3n) is 4.14. The zero-order chi connectivity index (χ0) is 12.5. The quantitative estimate of drug-likeness (QED) is 0.788. The summed E-state index contributed by atoms with van der Waals surface area (Å²) in [7, 11) is 0. The molecule has 2 aliphatic rings. The SMILES string of the molecule is O=C(CN1CC2CCCC(C2)C1)c1ccc(Cl)s1. The lowest BCUT2D eigenvalue weighted by molar-refractivity contribution is 0.0704. The number of thiophene rings is 1. The first-order valence-electron chi connectivity index (χ1n) is 6.71. The highest BCUT2D eigenvalue weighted by molar-refractivity contribution is 7.18. The maximum Gasteiger partial charge on any atom is 0.186 e. The largest absolute Gasteiger partial charge is 0.295 e. The monoisotopic (exact) mass is 283 g/mol. The van der Waals surface area contributed by atoms with Crippen molar-refractivity contribution in [3.8, 4) is 0 Å². The van der Waals surface area contributed by atoms with Crippen molar-refractivity contribution in [3.63, 3.8) is 0 Å². The van der Waals surface area contributed by atoms with Gasteiger partial charge in [-0.2, -0.15) is 0 Å². The predicted molar refractivity (Wildman–Crippen MR) is 75.5 cm³/mol. The smallest absolute Gasteiger partial charge is 0.186 e. The van der Waals surface area contributed by atoms with Crippen LogP contribution in [0.25, 0.3) is 0 Å². The van der Waals surface area contributed by atoms with Crippen molar-refractivity contribution in [2.45, 2.75) is 25.7 Å². The van der Waals surface area contributed by atoms with Crippen molar-refractivity contribution < 1.29 is 4.79 Å². The molecule has 18 heavy (non-hydrogen) atoms. The zero-order valence-corrected chi connectivity index (χ0v) is 12.0. The van der Waals surface area contributed by atoms with Gasteiger partial charge in [-0.1, -0.05) is 18.0 Å². The Morgan fingerprint density at radius 1 is 1.33 bits per heavy atom. The van der Waals surface area contributed by atoms with Gasteiger partial charge in [-0.3, -0.25) is 9.69 Å². The lowest BCUT2D eigenvalue weighted by Gasteiger charge is -2.41. The van der Waals surface area contributed by atoms with E-state index >= 15 is 0 Å². The number of hydrogen-bond donors (Lipinski definition) is 0. The molecule has 2 atom stereocenters. The number of nitrogens with zero attached hydrogens (tertiary/aromatic N) is 1. The molecule has 1 aromatic heterocycles. The molecule has 2 heterocycles. The molecule has 3 rings (SSSR count). The molecule has 4 heteroatoms. The molecule has 2 bridgehead atoms. The van der Waals surface area contributed by atoms with Crippen molar-refractivity contribution in [3.05, 3.63) is 21.3 Å². The van der Waals surface area contributed by atoms with E-state index in [1.165, 1.54) is 37.0 Å². The Morgan fingerprint density at radius 3 is 2.67 bits per heavy atom. The first kappa shape index (κ1) is 12.6. The van der Waals surface area contributed by atoms with Crippen molar-refractivity contribution in [2.75, 3.05) is 19.6 Å². The third kappa shape index (κ3) is 2.79. The second kappa shape index (κ2) is 5.32. The van der Waals surface area contributed by atoms with E-state index in [0.29, 0.717) is 10.9 Å². The Balaban J connectivity index is 1.61. The van der Waals surface area contributed by atoms with Gasteiger partial charge in [0.05, 0.1) is 15.8 Å². The van der Waals surface area contributed by atoms with Crippen molar-refractivity contribution in [1.29, 1.82) is 0 Å². The van der Waals surface area contributed by atoms with E-state index in [1.807, 2.05) is 12.1 Å². The molecule has 98 valence electrons. The lowest BCUT2D eigenvalue weighted by atomic mass is 9.78. The Kier molecular flexibility index (Phi) is 3.73. The number of Topliss-reactive ketones (excluding diaryl/α,β-unsaturated/α-hetero) is 1. The van der Waals surface area contributed by atoms with Crippen molar-refractivity contribution in [2.24, 2.45) is 11.8 Å². The number of fused-ring (bicyclic) bond motifs is 2. The summed E-state index contributed by atoms with van der Waals surface area (Å²) in [4.78, 5) is 15.3. The molecule has 2 nitrogen and oxygen atoms in total. The Bertz CT molecular complexity index is 433. The van der Waals surface area contributed by atoms with Crippen LogP contribution in [-0.4, -0.2) is 30.3 Å². The van der Waals surface area contributed by atoms with Crippen LogP contribution in [0.15, 0.2) is 12.1 Å². The predicted octanol–water partition coefficient (Wildman–Crippen LogP) is 3.71. The maximum absolute atomic E-state index is 12.2. The van der Waals surface area contributed by atoms with Crippen LogP contribution in [0.4, 0.5) is 0 Å². The van der Waals surface area contributed by atoms with Crippen LogP contribution < -0.4 is 0 Å². The minimum absolute atomic E-state index is 0.229. The van der Waals surface area contributed by atoms with E-state index in [9.17, 15) is 4.79 Å². The van der Waals surface area contributed by atoms with Gasteiger partial charge in [0.25, 0.3) is 0 Å². The second-order valence-electron chi connectivity index (χ2n) is 5.62. The highest BCUT2D eigenvalue weighted by atomic mass is 35.5. The number of halogens is 1. The summed E-state index contributed by atoms with van der Waals surface area (Å²) >= 11 is 7.27. The molecule has 1 saturated heterocycles. The van der Waals surface area contributed by atoms with E-state index in [4.69, 9.17) is 11.6 Å². The number of carbonyl (C=O) groups excluding carboxylic acids is 1. The van der Waals surface area contributed by atoms with Gasteiger partial charge in [0.15, 0.2) is 5.78 Å². The minimum Gasteiger partial charge on any atom is -0.295 e. The summed E-state index contributed by atoms with van der Waals surface area (Å²) in [5.41, 5.74) is 0. The number of piperidine rings is 1. The average Bonchev–Trinajstić information content (AvgIpc) is 2.75. The van der Waals surface area contributed by atoms with Gasteiger partial charge in [0.2, 0.25) is 0 Å². The van der Waals surface area contributed by atoms with E-state index in [2.05, 4.69) is 4.90 Å². The summed E-state index contributed by atoms with van der Waals surface area (Å²) in [6.07, 6.45) is 5.48. The summed E-state index contributed by atoms with van der Waals surface area (Å²) in [5.74, 6) is 1.89. The van der Waals surface area contributed by atoms with Crippen LogP contribution in [0.5, 0.6) is 0 Å². The lowest BCUT2D eigenvalue weighted by Crippen LogP contribution is -2.44. The van der Waals surface area contributed by atoms with E-state index in [1.54, 1.807) is 0 Å². The Hall–Kier alpha value is -0.380. The molecule has 0 amide bonds.